The van der Waals surface area contributed by atoms with E-state index in [4.69, 9.17) is 15.2 Å². The number of rotatable bonds is 4. The molecule has 2 aromatic heterocycles. The predicted molar refractivity (Wildman–Crippen MR) is 96.9 cm³/mol. The van der Waals surface area contributed by atoms with Crippen molar-refractivity contribution in [2.24, 2.45) is 5.73 Å². The van der Waals surface area contributed by atoms with E-state index in [1.165, 1.54) is 7.11 Å². The number of pyridine rings is 1. The third kappa shape index (κ3) is 2.52. The molecular weight excluding hydrogens is 334 g/mol. The second-order valence-electron chi connectivity index (χ2n) is 5.78. The number of H-pyrrole nitrogens is 1. The number of benzene rings is 1. The minimum atomic E-state index is -0.134. The average Bonchev–Trinajstić information content (AvgIpc) is 3.21. The fraction of sp³-hybridized carbons (Fsp3) is 0.167. The third-order valence-electron chi connectivity index (χ3n) is 4.24. The number of anilines is 1. The Morgan fingerprint density at radius 2 is 1.96 bits per heavy atom. The summed E-state index contributed by atoms with van der Waals surface area (Å²) in [7, 11) is 3.06. The Labute approximate surface area is 149 Å². The van der Waals surface area contributed by atoms with Crippen molar-refractivity contribution in [2.45, 2.75) is 0 Å². The Morgan fingerprint density at radius 3 is 2.69 bits per heavy atom. The number of fused-ring (bicyclic) bond motifs is 1. The lowest BCUT2D eigenvalue weighted by atomic mass is 10.2. The minimum Gasteiger partial charge on any atom is -0.496 e. The SMILES string of the molecule is COc1cc(OC)nc(N2CC(=O)C(c3nc4ccccc4[nH]3)=C2N)c1. The van der Waals surface area contributed by atoms with Crippen molar-refractivity contribution >= 4 is 28.2 Å². The molecule has 8 heteroatoms. The summed E-state index contributed by atoms with van der Waals surface area (Å²) in [4.78, 5) is 26.2. The molecule has 1 aromatic carbocycles. The van der Waals surface area contributed by atoms with Crippen molar-refractivity contribution in [3.63, 3.8) is 0 Å². The number of ether oxygens (including phenoxy) is 2. The molecule has 1 aliphatic rings. The molecule has 0 atom stereocenters. The van der Waals surface area contributed by atoms with Gasteiger partial charge in [0.15, 0.2) is 5.78 Å². The van der Waals surface area contributed by atoms with E-state index in [0.29, 0.717) is 28.8 Å². The van der Waals surface area contributed by atoms with Crippen LogP contribution in [0.15, 0.2) is 42.2 Å². The Hall–Kier alpha value is -3.55. The third-order valence-corrected chi connectivity index (χ3v) is 4.24. The number of imidazole rings is 1. The maximum absolute atomic E-state index is 12.6. The van der Waals surface area contributed by atoms with Gasteiger partial charge in [-0.3, -0.25) is 4.79 Å². The van der Waals surface area contributed by atoms with E-state index in [9.17, 15) is 4.79 Å². The summed E-state index contributed by atoms with van der Waals surface area (Å²) in [6.45, 7) is 0.0710. The fourth-order valence-electron chi connectivity index (χ4n) is 2.94. The molecule has 8 nitrogen and oxygen atoms in total. The van der Waals surface area contributed by atoms with Gasteiger partial charge in [-0.1, -0.05) is 12.1 Å². The molecule has 0 unspecified atom stereocenters. The summed E-state index contributed by atoms with van der Waals surface area (Å²) < 4.78 is 10.5. The quantitative estimate of drug-likeness (QED) is 0.736. The van der Waals surface area contributed by atoms with Gasteiger partial charge in [-0.2, -0.15) is 4.98 Å². The molecule has 3 aromatic rings. The predicted octanol–water partition coefficient (Wildman–Crippen LogP) is 1.69. The van der Waals surface area contributed by atoms with Crippen molar-refractivity contribution in [1.29, 1.82) is 0 Å². The van der Waals surface area contributed by atoms with Gasteiger partial charge in [0.2, 0.25) is 5.88 Å². The topological polar surface area (TPSA) is 106 Å². The number of nitrogens with zero attached hydrogens (tertiary/aromatic N) is 3. The molecule has 0 aliphatic carbocycles. The van der Waals surface area contributed by atoms with Crippen LogP contribution in [0.5, 0.6) is 11.6 Å². The molecule has 26 heavy (non-hydrogen) atoms. The van der Waals surface area contributed by atoms with Gasteiger partial charge in [-0.05, 0) is 12.1 Å². The molecule has 1 aliphatic heterocycles. The highest BCUT2D eigenvalue weighted by atomic mass is 16.5. The first kappa shape index (κ1) is 15.9. The highest BCUT2D eigenvalue weighted by molar-refractivity contribution is 6.26. The van der Waals surface area contributed by atoms with Gasteiger partial charge in [0.05, 0.1) is 31.8 Å². The number of hydrogen-bond acceptors (Lipinski definition) is 7. The second-order valence-corrected chi connectivity index (χ2v) is 5.78. The standard InChI is InChI=1S/C18H17N5O3/c1-25-10-7-14(22-15(8-10)26-2)23-9-13(24)16(17(23)19)18-20-11-5-3-4-6-12(11)21-18/h3-8H,9,19H2,1-2H3,(H,20,21). The molecule has 0 radical (unpaired) electrons. The van der Waals surface area contributed by atoms with Gasteiger partial charge in [0, 0.05) is 12.1 Å². The van der Waals surface area contributed by atoms with Crippen LogP contribution in [0.1, 0.15) is 5.82 Å². The molecule has 0 amide bonds. The van der Waals surface area contributed by atoms with Crippen LogP contribution < -0.4 is 20.1 Å². The van der Waals surface area contributed by atoms with Gasteiger partial charge in [0.25, 0.3) is 0 Å². The summed E-state index contributed by atoms with van der Waals surface area (Å²) >= 11 is 0. The maximum atomic E-state index is 12.6. The molecule has 4 rings (SSSR count). The van der Waals surface area contributed by atoms with Crippen LogP contribution in [0.4, 0.5) is 5.82 Å². The highest BCUT2D eigenvalue weighted by Gasteiger charge is 2.33. The molecule has 3 heterocycles. The monoisotopic (exact) mass is 351 g/mol. The van der Waals surface area contributed by atoms with Gasteiger partial charge in [0.1, 0.15) is 28.8 Å². The lowest BCUT2D eigenvalue weighted by Crippen LogP contribution is -2.26. The zero-order valence-electron chi connectivity index (χ0n) is 14.3. The average molecular weight is 351 g/mol. The Bertz CT molecular complexity index is 985. The van der Waals surface area contributed by atoms with Crippen molar-refractivity contribution in [3.05, 3.63) is 48.0 Å². The number of Topliss-reactive ketones (excluding diaryl/α,β-unsaturated/α-hetero) is 1. The summed E-state index contributed by atoms with van der Waals surface area (Å²) in [5.74, 6) is 2.01. The van der Waals surface area contributed by atoms with Gasteiger partial charge < -0.3 is 25.1 Å². The highest BCUT2D eigenvalue weighted by Crippen LogP contribution is 2.32. The lowest BCUT2D eigenvalue weighted by molar-refractivity contribution is -0.112. The van der Waals surface area contributed by atoms with Crippen LogP contribution in [0.3, 0.4) is 0 Å². The molecule has 132 valence electrons. The Morgan fingerprint density at radius 1 is 1.15 bits per heavy atom. The van der Waals surface area contributed by atoms with Crippen LogP contribution in [0.25, 0.3) is 16.6 Å². The van der Waals surface area contributed by atoms with Crippen molar-refractivity contribution in [3.8, 4) is 11.6 Å². The smallest absolute Gasteiger partial charge is 0.218 e. The number of hydrogen-bond donors (Lipinski definition) is 2. The summed E-state index contributed by atoms with van der Waals surface area (Å²) in [6, 6.07) is 10.9. The van der Waals surface area contributed by atoms with Crippen LogP contribution in [-0.2, 0) is 4.79 Å². The first-order valence-electron chi connectivity index (χ1n) is 7.96. The van der Waals surface area contributed by atoms with E-state index in [0.717, 1.165) is 11.0 Å². The number of ketones is 1. The van der Waals surface area contributed by atoms with Crippen LogP contribution in [-0.4, -0.2) is 41.5 Å². The summed E-state index contributed by atoms with van der Waals surface area (Å²) in [5.41, 5.74) is 8.25. The number of carbonyl (C=O) groups excluding carboxylic acids is 1. The normalized spacial score (nSPS) is 14.4. The van der Waals surface area contributed by atoms with Crippen LogP contribution in [0.2, 0.25) is 0 Å². The zero-order chi connectivity index (χ0) is 18.3. The first-order chi connectivity index (χ1) is 12.6. The lowest BCUT2D eigenvalue weighted by Gasteiger charge is -2.18. The number of para-hydroxylation sites is 2. The minimum absolute atomic E-state index is 0.0710. The van der Waals surface area contributed by atoms with Gasteiger partial charge in [-0.25, -0.2) is 4.98 Å². The number of methoxy groups -OCH3 is 2. The number of nitrogens with one attached hydrogen (secondary N) is 1. The Kier molecular flexibility index (Phi) is 3.72. The van der Waals surface area contributed by atoms with E-state index in [1.54, 1.807) is 24.1 Å². The van der Waals surface area contributed by atoms with Crippen molar-refractivity contribution in [1.82, 2.24) is 15.0 Å². The van der Waals surface area contributed by atoms with E-state index in [2.05, 4.69) is 15.0 Å². The van der Waals surface area contributed by atoms with Gasteiger partial charge in [-0.15, -0.1) is 0 Å². The first-order valence-corrected chi connectivity index (χ1v) is 7.96. The molecule has 0 spiro atoms. The fourth-order valence-corrected chi connectivity index (χ4v) is 2.94. The summed E-state index contributed by atoms with van der Waals surface area (Å²) in [6.07, 6.45) is 0. The molecule has 0 fully saturated rings. The molecule has 0 saturated carbocycles. The number of aromatic nitrogens is 3. The van der Waals surface area contributed by atoms with Crippen molar-refractivity contribution < 1.29 is 14.3 Å². The molecule has 3 N–H and O–H groups in total. The number of nitrogens with two attached hydrogens (primary N) is 1. The van der Waals surface area contributed by atoms with Crippen LogP contribution in [0, 0.1) is 0 Å². The van der Waals surface area contributed by atoms with E-state index >= 15 is 0 Å². The number of aromatic amines is 1. The van der Waals surface area contributed by atoms with E-state index < -0.39 is 0 Å². The molecular formula is C18H17N5O3. The number of carbonyl (C=O) groups is 1. The van der Waals surface area contributed by atoms with E-state index in [-0.39, 0.29) is 18.1 Å². The summed E-state index contributed by atoms with van der Waals surface area (Å²) in [5, 5.41) is 0. The second kappa shape index (κ2) is 6.07. The molecule has 0 saturated heterocycles. The van der Waals surface area contributed by atoms with Crippen LogP contribution >= 0.6 is 0 Å². The van der Waals surface area contributed by atoms with Gasteiger partial charge >= 0.3 is 0 Å². The van der Waals surface area contributed by atoms with Crippen molar-refractivity contribution in [2.75, 3.05) is 25.7 Å². The van der Waals surface area contributed by atoms with E-state index in [1.807, 2.05) is 24.3 Å². The Balaban J connectivity index is 1.79. The largest absolute Gasteiger partial charge is 0.496 e. The maximum Gasteiger partial charge on any atom is 0.218 e. The zero-order valence-corrected chi connectivity index (χ0v) is 14.3. The molecule has 0 bridgehead atoms.